The Kier molecular flexibility index (Phi) is 23.5. The Morgan fingerprint density at radius 2 is 1.15 bits per heavy atom. The SMILES string of the molecule is CCCCCCCCCCCCCCCC/C=C/C=C/OS(=O)(=O)[O-].[Na+]. The number of rotatable bonds is 18. The normalized spacial score (nSPS) is 11.9. The second-order valence-corrected chi connectivity index (χ2v) is 7.65. The molecule has 0 aliphatic rings. The smallest absolute Gasteiger partial charge is 0.716 e. The molecule has 0 fully saturated rings. The molecule has 148 valence electrons. The standard InChI is InChI=1S/C20H38O4S.Na/c1-2-3-4-5-6-7-8-9-10-11-12-13-14-15-16-17-18-19-20-24-25(21,22)23;/h17-20H,2-16H2,1H3,(H,21,22,23);/q;+1/p-1/b18-17+,20-19+;. The Morgan fingerprint density at radius 3 is 1.58 bits per heavy atom. The van der Waals surface area contributed by atoms with Gasteiger partial charge in [0, 0.05) is 0 Å². The molecule has 0 aromatic carbocycles. The van der Waals surface area contributed by atoms with Crippen LogP contribution in [0.2, 0.25) is 0 Å². The van der Waals surface area contributed by atoms with Crippen LogP contribution in [0.5, 0.6) is 0 Å². The molecule has 0 rings (SSSR count). The van der Waals surface area contributed by atoms with Crippen molar-refractivity contribution in [2.45, 2.75) is 103 Å². The van der Waals surface area contributed by atoms with Crippen molar-refractivity contribution in [1.29, 1.82) is 0 Å². The van der Waals surface area contributed by atoms with E-state index in [1.165, 1.54) is 89.5 Å². The van der Waals surface area contributed by atoms with E-state index in [9.17, 15) is 13.0 Å². The minimum absolute atomic E-state index is 0. The molecule has 0 aliphatic heterocycles. The zero-order valence-corrected chi connectivity index (χ0v) is 19.8. The summed E-state index contributed by atoms with van der Waals surface area (Å²) in [5.74, 6) is 0. The summed E-state index contributed by atoms with van der Waals surface area (Å²) >= 11 is 0. The summed E-state index contributed by atoms with van der Waals surface area (Å²) in [6.07, 6.45) is 25.8. The van der Waals surface area contributed by atoms with Gasteiger partial charge in [0.2, 0.25) is 0 Å². The van der Waals surface area contributed by atoms with E-state index in [0.29, 0.717) is 0 Å². The molecule has 0 aromatic rings. The zero-order chi connectivity index (χ0) is 18.6. The third kappa shape index (κ3) is 26.4. The Bertz CT molecular complexity index is 433. The topological polar surface area (TPSA) is 66.4 Å². The molecular weight excluding hydrogens is 359 g/mol. The fourth-order valence-electron chi connectivity index (χ4n) is 2.78. The fourth-order valence-corrected chi connectivity index (χ4v) is 2.98. The summed E-state index contributed by atoms with van der Waals surface area (Å²) in [4.78, 5) is 0. The molecule has 6 heteroatoms. The molecule has 0 aromatic heterocycles. The molecular formula is C20H37NaO4S. The zero-order valence-electron chi connectivity index (χ0n) is 17.0. The van der Waals surface area contributed by atoms with Crippen molar-refractivity contribution < 1.29 is 46.7 Å². The van der Waals surface area contributed by atoms with E-state index in [-0.39, 0.29) is 29.6 Å². The van der Waals surface area contributed by atoms with Crippen molar-refractivity contribution in [1.82, 2.24) is 0 Å². The molecule has 0 unspecified atom stereocenters. The van der Waals surface area contributed by atoms with Gasteiger partial charge in [0.05, 0.1) is 0 Å². The summed E-state index contributed by atoms with van der Waals surface area (Å²) < 4.78 is 34.4. The van der Waals surface area contributed by atoms with Crippen LogP contribution in [-0.2, 0) is 14.6 Å². The average molecular weight is 397 g/mol. The van der Waals surface area contributed by atoms with Crippen molar-refractivity contribution >= 4 is 10.4 Å². The fraction of sp³-hybridized carbons (Fsp3) is 0.800. The van der Waals surface area contributed by atoms with E-state index in [0.717, 1.165) is 19.1 Å². The van der Waals surface area contributed by atoms with E-state index in [4.69, 9.17) is 0 Å². The van der Waals surface area contributed by atoms with Crippen molar-refractivity contribution in [2.75, 3.05) is 0 Å². The summed E-state index contributed by atoms with van der Waals surface area (Å²) in [5.41, 5.74) is 0. The van der Waals surface area contributed by atoms with Crippen LogP contribution in [0.15, 0.2) is 24.5 Å². The molecule has 0 amide bonds. The van der Waals surface area contributed by atoms with E-state index < -0.39 is 10.4 Å². The predicted molar refractivity (Wildman–Crippen MR) is 104 cm³/mol. The molecule has 0 heterocycles. The van der Waals surface area contributed by atoms with Crippen LogP contribution >= 0.6 is 0 Å². The van der Waals surface area contributed by atoms with Gasteiger partial charge in [-0.25, -0.2) is 8.42 Å². The second-order valence-electron chi connectivity index (χ2n) is 6.65. The third-order valence-corrected chi connectivity index (χ3v) is 4.57. The van der Waals surface area contributed by atoms with Crippen molar-refractivity contribution in [3.05, 3.63) is 24.5 Å². The minimum Gasteiger partial charge on any atom is -0.716 e. The predicted octanol–water partition coefficient (Wildman–Crippen LogP) is 3.41. The van der Waals surface area contributed by atoms with Crippen LogP contribution in [0, 0.1) is 0 Å². The van der Waals surface area contributed by atoms with Gasteiger partial charge in [-0.05, 0) is 18.9 Å². The third-order valence-electron chi connectivity index (χ3n) is 4.22. The van der Waals surface area contributed by atoms with Crippen molar-refractivity contribution in [3.8, 4) is 0 Å². The molecule has 0 N–H and O–H groups in total. The number of hydrogen-bond donors (Lipinski definition) is 0. The first kappa shape index (κ1) is 28.4. The molecule has 0 spiro atoms. The summed E-state index contributed by atoms with van der Waals surface area (Å²) in [6.45, 7) is 2.26. The quantitative estimate of drug-likeness (QED) is 0.0889. The Hall–Kier alpha value is 0.190. The maximum absolute atomic E-state index is 10.2. The molecule has 0 bridgehead atoms. The van der Waals surface area contributed by atoms with Crippen LogP contribution < -0.4 is 29.6 Å². The number of unbranched alkanes of at least 4 members (excludes halogenated alkanes) is 14. The van der Waals surface area contributed by atoms with E-state index in [1.807, 2.05) is 6.08 Å². The van der Waals surface area contributed by atoms with Gasteiger partial charge in [-0.15, -0.1) is 0 Å². The van der Waals surface area contributed by atoms with Gasteiger partial charge in [-0.3, -0.25) is 0 Å². The summed E-state index contributed by atoms with van der Waals surface area (Å²) in [7, 11) is -4.62. The van der Waals surface area contributed by atoms with E-state index in [2.05, 4.69) is 11.1 Å². The van der Waals surface area contributed by atoms with Crippen molar-refractivity contribution in [2.24, 2.45) is 0 Å². The van der Waals surface area contributed by atoms with Gasteiger partial charge in [-0.1, -0.05) is 103 Å². The van der Waals surface area contributed by atoms with Crippen LogP contribution in [0.25, 0.3) is 0 Å². The summed E-state index contributed by atoms with van der Waals surface area (Å²) in [6, 6.07) is 0. The monoisotopic (exact) mass is 396 g/mol. The van der Waals surface area contributed by atoms with E-state index >= 15 is 0 Å². The maximum Gasteiger partial charge on any atom is 1.00 e. The van der Waals surface area contributed by atoms with Crippen LogP contribution in [-0.4, -0.2) is 13.0 Å². The molecule has 0 atom stereocenters. The van der Waals surface area contributed by atoms with Crippen LogP contribution in [0.1, 0.15) is 103 Å². The Labute approximate surface area is 184 Å². The largest absolute Gasteiger partial charge is 1.00 e. The Balaban J connectivity index is 0. The molecule has 0 aliphatic carbocycles. The van der Waals surface area contributed by atoms with Crippen LogP contribution in [0.3, 0.4) is 0 Å². The first-order valence-electron chi connectivity index (χ1n) is 10.0. The van der Waals surface area contributed by atoms with Crippen LogP contribution in [0.4, 0.5) is 0 Å². The maximum atomic E-state index is 10.2. The van der Waals surface area contributed by atoms with Gasteiger partial charge < -0.3 is 8.74 Å². The number of hydrogen-bond acceptors (Lipinski definition) is 4. The first-order chi connectivity index (χ1) is 12.1. The van der Waals surface area contributed by atoms with E-state index in [1.54, 1.807) is 6.08 Å². The molecule has 0 saturated carbocycles. The second kappa shape index (κ2) is 21.5. The molecule has 26 heavy (non-hydrogen) atoms. The molecule has 4 nitrogen and oxygen atoms in total. The molecule has 0 radical (unpaired) electrons. The van der Waals surface area contributed by atoms with Gasteiger partial charge >= 0.3 is 29.6 Å². The minimum atomic E-state index is -4.62. The van der Waals surface area contributed by atoms with Gasteiger partial charge in [0.25, 0.3) is 10.4 Å². The van der Waals surface area contributed by atoms with Gasteiger partial charge in [0.1, 0.15) is 6.26 Å². The average Bonchev–Trinajstić information content (AvgIpc) is 2.56. The first-order valence-corrected chi connectivity index (χ1v) is 11.4. The molecule has 0 saturated heterocycles. The van der Waals surface area contributed by atoms with Gasteiger partial charge in [-0.2, -0.15) is 0 Å². The van der Waals surface area contributed by atoms with Gasteiger partial charge in [0.15, 0.2) is 0 Å². The Morgan fingerprint density at radius 1 is 0.731 bits per heavy atom. The number of allylic oxidation sites excluding steroid dienone is 3. The van der Waals surface area contributed by atoms with Crippen molar-refractivity contribution in [3.63, 3.8) is 0 Å². The summed E-state index contributed by atoms with van der Waals surface area (Å²) in [5, 5.41) is 0.